The third-order valence-electron chi connectivity index (χ3n) is 11.9. The van der Waals surface area contributed by atoms with Crippen molar-refractivity contribution in [3.63, 3.8) is 0 Å². The number of carboxylic acid groups (broad SMARTS) is 1. The molecule has 2 amide bonds. The highest BCUT2D eigenvalue weighted by molar-refractivity contribution is 6.05. The fourth-order valence-corrected chi connectivity index (χ4v) is 8.00. The molecule has 0 unspecified atom stereocenters. The molecule has 286 valence electrons. The Morgan fingerprint density at radius 1 is 0.782 bits per heavy atom. The Bertz CT molecular complexity index is 2140. The summed E-state index contributed by atoms with van der Waals surface area (Å²) in [6.45, 7) is 6.40. The molecule has 4 fully saturated rings. The number of hydrogen-bond donors (Lipinski definition) is 5. The number of nitrogens with zero attached hydrogens (tertiary/aromatic N) is 3. The number of aromatic nitrogens is 2. The largest absolute Gasteiger partial charge is 0.480 e. The van der Waals surface area contributed by atoms with Gasteiger partial charge in [-0.2, -0.15) is 0 Å². The van der Waals surface area contributed by atoms with Crippen molar-refractivity contribution in [2.75, 3.05) is 23.7 Å². The van der Waals surface area contributed by atoms with E-state index in [1.807, 2.05) is 67.3 Å². The van der Waals surface area contributed by atoms with E-state index in [-0.39, 0.29) is 11.8 Å². The van der Waals surface area contributed by atoms with Gasteiger partial charge in [0.15, 0.2) is 0 Å². The van der Waals surface area contributed by atoms with Crippen molar-refractivity contribution in [1.82, 2.24) is 20.2 Å². The van der Waals surface area contributed by atoms with Crippen molar-refractivity contribution < 1.29 is 24.6 Å². The van der Waals surface area contributed by atoms with Crippen molar-refractivity contribution in [1.29, 1.82) is 0 Å². The SMILES string of the molecule is Cc1c(NC(=O)c2cc(C3CC3)c(CNCC3(O)CC3)cn2)cccc1-c1cccc(NC(=O)c2cc(C3CC3)c(CN3CCCC[C@H]3C(=O)O)cn2)c1C. The number of piperidine rings is 1. The summed E-state index contributed by atoms with van der Waals surface area (Å²) in [7, 11) is 0. The lowest BCUT2D eigenvalue weighted by Crippen LogP contribution is -2.44. The first-order chi connectivity index (χ1) is 26.6. The maximum absolute atomic E-state index is 13.7. The van der Waals surface area contributed by atoms with E-state index in [1.165, 1.54) is 0 Å². The van der Waals surface area contributed by atoms with Crippen LogP contribution in [0.25, 0.3) is 11.1 Å². The fourth-order valence-electron chi connectivity index (χ4n) is 8.00. The summed E-state index contributed by atoms with van der Waals surface area (Å²) in [4.78, 5) is 50.3. The Hall–Kier alpha value is -4.97. The first kappa shape index (κ1) is 37.0. The number of aliphatic carboxylic acids is 1. The minimum atomic E-state index is -0.780. The number of hydrogen-bond acceptors (Lipinski definition) is 8. The van der Waals surface area contributed by atoms with Gasteiger partial charge in [-0.1, -0.05) is 30.7 Å². The highest BCUT2D eigenvalue weighted by Gasteiger charge is 2.40. The molecule has 4 aromatic rings. The van der Waals surface area contributed by atoms with E-state index in [4.69, 9.17) is 0 Å². The van der Waals surface area contributed by atoms with Crippen LogP contribution in [0.3, 0.4) is 0 Å². The van der Waals surface area contributed by atoms with Crippen molar-refractivity contribution >= 4 is 29.2 Å². The van der Waals surface area contributed by atoms with Gasteiger partial charge in [0.05, 0.1) is 5.60 Å². The van der Waals surface area contributed by atoms with Crippen molar-refractivity contribution in [3.8, 4) is 11.1 Å². The molecule has 3 heterocycles. The first-order valence-corrected chi connectivity index (χ1v) is 19.8. The van der Waals surface area contributed by atoms with Gasteiger partial charge in [0.2, 0.25) is 0 Å². The van der Waals surface area contributed by atoms with Gasteiger partial charge in [-0.3, -0.25) is 29.3 Å². The number of carbonyl (C=O) groups is 3. The smallest absolute Gasteiger partial charge is 0.320 e. The zero-order valence-corrected chi connectivity index (χ0v) is 31.7. The van der Waals surface area contributed by atoms with E-state index >= 15 is 0 Å². The average molecular weight is 743 g/mol. The third kappa shape index (κ3) is 8.34. The van der Waals surface area contributed by atoms with Crippen molar-refractivity contribution in [2.45, 2.75) is 108 Å². The molecule has 3 aliphatic carbocycles. The second-order valence-electron chi connectivity index (χ2n) is 16.1. The monoisotopic (exact) mass is 742 g/mol. The Morgan fingerprint density at radius 3 is 1.85 bits per heavy atom. The Labute approximate surface area is 322 Å². The summed E-state index contributed by atoms with van der Waals surface area (Å²) in [5, 5.41) is 29.6. The molecule has 0 spiro atoms. The minimum absolute atomic E-state index is 0.270. The fraction of sp³-hybridized carbons (Fsp3) is 0.432. The van der Waals surface area contributed by atoms with Crippen LogP contribution in [0, 0.1) is 13.8 Å². The van der Waals surface area contributed by atoms with Gasteiger partial charge in [0.25, 0.3) is 11.8 Å². The molecule has 55 heavy (non-hydrogen) atoms. The summed E-state index contributed by atoms with van der Waals surface area (Å²) < 4.78 is 0. The Balaban J connectivity index is 0.968. The van der Waals surface area contributed by atoms with Crippen LogP contribution in [-0.2, 0) is 17.9 Å². The van der Waals surface area contributed by atoms with E-state index in [2.05, 4.69) is 25.9 Å². The van der Waals surface area contributed by atoms with Crippen LogP contribution in [0.1, 0.15) is 124 Å². The van der Waals surface area contributed by atoms with E-state index in [0.29, 0.717) is 60.7 Å². The lowest BCUT2D eigenvalue weighted by molar-refractivity contribution is -0.144. The van der Waals surface area contributed by atoms with E-state index in [9.17, 15) is 24.6 Å². The molecular weight excluding hydrogens is 693 g/mol. The van der Waals surface area contributed by atoms with Crippen LogP contribution >= 0.6 is 0 Å². The van der Waals surface area contributed by atoms with Crippen molar-refractivity contribution in [3.05, 3.63) is 106 Å². The summed E-state index contributed by atoms with van der Waals surface area (Å²) in [5.74, 6) is -0.550. The number of anilines is 2. The Morgan fingerprint density at radius 2 is 1.33 bits per heavy atom. The molecule has 4 aliphatic rings. The molecule has 11 nitrogen and oxygen atoms in total. The highest BCUT2D eigenvalue weighted by Crippen LogP contribution is 2.43. The van der Waals surface area contributed by atoms with Crippen LogP contribution in [0.4, 0.5) is 11.4 Å². The summed E-state index contributed by atoms with van der Waals surface area (Å²) in [5.41, 5.74) is 9.47. The number of rotatable bonds is 14. The van der Waals surface area contributed by atoms with Gasteiger partial charge in [-0.15, -0.1) is 0 Å². The Kier molecular flexibility index (Phi) is 10.3. The van der Waals surface area contributed by atoms with Crippen LogP contribution in [0.5, 0.6) is 0 Å². The topological polar surface area (TPSA) is 157 Å². The van der Waals surface area contributed by atoms with Crippen LogP contribution in [0.2, 0.25) is 0 Å². The lowest BCUT2D eigenvalue weighted by atomic mass is 9.94. The first-order valence-electron chi connectivity index (χ1n) is 19.8. The summed E-state index contributed by atoms with van der Waals surface area (Å²) >= 11 is 0. The number of carbonyl (C=O) groups excluding carboxylic acids is 2. The molecule has 2 aromatic carbocycles. The molecule has 0 radical (unpaired) electrons. The van der Waals surface area contributed by atoms with Crippen LogP contribution < -0.4 is 16.0 Å². The number of pyridine rings is 2. The highest BCUT2D eigenvalue weighted by atomic mass is 16.4. The maximum Gasteiger partial charge on any atom is 0.320 e. The van der Waals surface area contributed by atoms with Gasteiger partial charge >= 0.3 is 5.97 Å². The molecule has 5 N–H and O–H groups in total. The van der Waals surface area contributed by atoms with Crippen molar-refractivity contribution in [2.24, 2.45) is 0 Å². The van der Waals surface area contributed by atoms with Gasteiger partial charge in [-0.05, 0) is 152 Å². The predicted molar refractivity (Wildman–Crippen MR) is 211 cm³/mol. The molecule has 2 aromatic heterocycles. The normalized spacial score (nSPS) is 19.1. The molecule has 0 bridgehead atoms. The lowest BCUT2D eigenvalue weighted by Gasteiger charge is -2.33. The predicted octanol–water partition coefficient (Wildman–Crippen LogP) is 7.07. The molecule has 1 aliphatic heterocycles. The number of amides is 2. The van der Waals surface area contributed by atoms with E-state index in [1.54, 1.807) is 12.4 Å². The second-order valence-corrected chi connectivity index (χ2v) is 16.1. The molecule has 8 rings (SSSR count). The van der Waals surface area contributed by atoms with E-state index in [0.717, 1.165) is 102 Å². The standard InChI is InChI=1S/C44H50N6O5/c1-26-32(7-5-9-36(26)48-41(51)38-19-34(28-12-13-28)30(22-46-38)21-45-25-44(55)16-17-44)33-8-6-10-37(27(33)2)49-42(52)39-20-35(29-14-15-29)31(23-47-39)24-50-18-4-3-11-40(50)43(53)54/h5-10,19-20,22-23,28-29,40,45,55H,3-4,11-18,21,24-25H2,1-2H3,(H,48,51)(H,49,52)(H,53,54)/t40-/m0/s1. The summed E-state index contributed by atoms with van der Waals surface area (Å²) in [6, 6.07) is 15.0. The number of carboxylic acids is 1. The number of benzene rings is 2. The van der Waals surface area contributed by atoms with Crippen LogP contribution in [-0.4, -0.2) is 67.6 Å². The second kappa shape index (κ2) is 15.3. The zero-order valence-electron chi connectivity index (χ0n) is 31.7. The minimum Gasteiger partial charge on any atom is -0.480 e. The van der Waals surface area contributed by atoms with Gasteiger partial charge in [-0.25, -0.2) is 0 Å². The van der Waals surface area contributed by atoms with Crippen LogP contribution in [0.15, 0.2) is 60.9 Å². The molecular formula is C44H50N6O5. The summed E-state index contributed by atoms with van der Waals surface area (Å²) in [6.07, 6.45) is 12.1. The van der Waals surface area contributed by atoms with Gasteiger partial charge in [0.1, 0.15) is 17.4 Å². The number of aliphatic hydroxyl groups is 1. The molecule has 1 atom stereocenters. The quantitative estimate of drug-likeness (QED) is 0.0912. The number of likely N-dealkylation sites (tertiary alicyclic amines) is 1. The van der Waals surface area contributed by atoms with Gasteiger partial charge in [0, 0.05) is 43.4 Å². The zero-order chi connectivity index (χ0) is 38.3. The molecule has 11 heteroatoms. The molecule has 1 saturated heterocycles. The van der Waals surface area contributed by atoms with Gasteiger partial charge < -0.3 is 26.2 Å². The maximum atomic E-state index is 13.7. The number of nitrogens with one attached hydrogen (secondary N) is 3. The average Bonchev–Trinajstić information content (AvgIpc) is 4.03. The third-order valence-corrected chi connectivity index (χ3v) is 11.9. The molecule has 3 saturated carbocycles. The van der Waals surface area contributed by atoms with E-state index < -0.39 is 17.6 Å².